The first-order valence-electron chi connectivity index (χ1n) is 5.84. The third kappa shape index (κ3) is 5.51. The number of thioether (sulfide) groups is 1. The molecule has 1 rings (SSSR count). The zero-order chi connectivity index (χ0) is 13.5. The minimum Gasteiger partial charge on any atom is -0.392 e. The van der Waals surface area contributed by atoms with Crippen LogP contribution in [0.25, 0.3) is 0 Å². The van der Waals surface area contributed by atoms with E-state index in [9.17, 15) is 14.3 Å². The molecular weight excluding hydrogens is 253 g/mol. The van der Waals surface area contributed by atoms with Crippen molar-refractivity contribution in [3.8, 4) is 0 Å². The van der Waals surface area contributed by atoms with E-state index in [0.29, 0.717) is 17.9 Å². The fraction of sp³-hybridized carbons (Fsp3) is 0.462. The van der Waals surface area contributed by atoms with E-state index in [0.717, 1.165) is 0 Å². The molecule has 0 saturated carbocycles. The van der Waals surface area contributed by atoms with Gasteiger partial charge in [0.2, 0.25) is 5.91 Å². The summed E-state index contributed by atoms with van der Waals surface area (Å²) in [5, 5.41) is 12.0. The Morgan fingerprint density at radius 3 is 2.83 bits per heavy atom. The van der Waals surface area contributed by atoms with Gasteiger partial charge in [0, 0.05) is 23.1 Å². The number of anilines is 1. The number of carbonyl (C=O) groups excluding carboxylic acids is 1. The molecule has 5 heteroatoms. The maximum Gasteiger partial charge on any atom is 0.225 e. The number of amides is 1. The number of benzene rings is 1. The number of carbonyl (C=O) groups is 1. The van der Waals surface area contributed by atoms with Gasteiger partial charge in [0.15, 0.2) is 0 Å². The van der Waals surface area contributed by atoms with Gasteiger partial charge in [-0.3, -0.25) is 4.79 Å². The van der Waals surface area contributed by atoms with Gasteiger partial charge in [-0.15, -0.1) is 0 Å². The second-order valence-electron chi connectivity index (χ2n) is 4.13. The van der Waals surface area contributed by atoms with Crippen LogP contribution in [0, 0.1) is 5.82 Å². The molecule has 3 nitrogen and oxygen atoms in total. The number of rotatable bonds is 6. The Kier molecular flexibility index (Phi) is 6.15. The molecule has 1 aromatic carbocycles. The number of hydrogen-bond acceptors (Lipinski definition) is 3. The number of halogens is 1. The van der Waals surface area contributed by atoms with Crippen LogP contribution in [0.5, 0.6) is 0 Å². The van der Waals surface area contributed by atoms with E-state index >= 15 is 0 Å². The molecule has 100 valence electrons. The number of nitrogens with one attached hydrogen (secondary N) is 1. The summed E-state index contributed by atoms with van der Waals surface area (Å²) in [5.41, 5.74) is 0.466. The van der Waals surface area contributed by atoms with Crippen LogP contribution >= 0.6 is 11.8 Å². The first kappa shape index (κ1) is 15.0. The monoisotopic (exact) mass is 271 g/mol. The SMILES string of the molecule is CC(O)C(C)SCCC(=O)Nc1cccc(F)c1. The second-order valence-corrected chi connectivity index (χ2v) is 5.61. The Morgan fingerprint density at radius 1 is 1.50 bits per heavy atom. The highest BCUT2D eigenvalue weighted by Gasteiger charge is 2.10. The standard InChI is InChI=1S/C13H18FNO2S/c1-9(16)10(2)18-7-6-13(17)15-12-5-3-4-11(14)8-12/h3-5,8-10,16H,6-7H2,1-2H3,(H,15,17). The molecule has 0 bridgehead atoms. The summed E-state index contributed by atoms with van der Waals surface area (Å²) in [5.74, 6) is 0.114. The molecule has 0 spiro atoms. The highest BCUT2D eigenvalue weighted by Crippen LogP contribution is 2.16. The van der Waals surface area contributed by atoms with Gasteiger partial charge in [-0.05, 0) is 25.1 Å². The lowest BCUT2D eigenvalue weighted by molar-refractivity contribution is -0.115. The van der Waals surface area contributed by atoms with Gasteiger partial charge in [0.25, 0.3) is 0 Å². The summed E-state index contributed by atoms with van der Waals surface area (Å²) >= 11 is 1.54. The van der Waals surface area contributed by atoms with Gasteiger partial charge in [0.05, 0.1) is 6.10 Å². The van der Waals surface area contributed by atoms with E-state index in [2.05, 4.69) is 5.32 Å². The summed E-state index contributed by atoms with van der Waals surface area (Å²) in [4.78, 5) is 11.6. The smallest absolute Gasteiger partial charge is 0.225 e. The van der Waals surface area contributed by atoms with Crippen LogP contribution < -0.4 is 5.32 Å². The Hall–Kier alpha value is -1.07. The Balaban J connectivity index is 2.30. The highest BCUT2D eigenvalue weighted by molar-refractivity contribution is 7.99. The lowest BCUT2D eigenvalue weighted by atomic mass is 10.3. The molecule has 0 saturated heterocycles. The molecule has 0 aliphatic rings. The third-order valence-corrected chi connectivity index (χ3v) is 3.86. The first-order valence-corrected chi connectivity index (χ1v) is 6.89. The summed E-state index contributed by atoms with van der Waals surface area (Å²) in [6, 6.07) is 5.81. The molecule has 2 N–H and O–H groups in total. The molecule has 0 aromatic heterocycles. The van der Waals surface area contributed by atoms with Crippen molar-refractivity contribution in [3.05, 3.63) is 30.1 Å². The zero-order valence-electron chi connectivity index (χ0n) is 10.5. The Labute approximate surface area is 111 Å². The Morgan fingerprint density at radius 2 is 2.22 bits per heavy atom. The number of hydrogen-bond donors (Lipinski definition) is 2. The van der Waals surface area contributed by atoms with Crippen LogP contribution in [0.3, 0.4) is 0 Å². The van der Waals surface area contributed by atoms with E-state index < -0.39 is 0 Å². The lowest BCUT2D eigenvalue weighted by Gasteiger charge is -2.13. The van der Waals surface area contributed by atoms with Crippen LogP contribution in [0.2, 0.25) is 0 Å². The molecular formula is C13H18FNO2S. The average Bonchev–Trinajstić information content (AvgIpc) is 2.28. The molecule has 1 amide bonds. The van der Waals surface area contributed by atoms with Gasteiger partial charge in [-0.1, -0.05) is 13.0 Å². The largest absolute Gasteiger partial charge is 0.392 e. The van der Waals surface area contributed by atoms with Crippen molar-refractivity contribution in [2.45, 2.75) is 31.6 Å². The molecule has 0 aliphatic heterocycles. The van der Waals surface area contributed by atoms with E-state index in [-0.39, 0.29) is 23.1 Å². The van der Waals surface area contributed by atoms with Crippen molar-refractivity contribution >= 4 is 23.4 Å². The van der Waals surface area contributed by atoms with Gasteiger partial charge < -0.3 is 10.4 Å². The summed E-state index contributed by atoms with van der Waals surface area (Å²) in [7, 11) is 0. The predicted molar refractivity (Wildman–Crippen MR) is 73.2 cm³/mol. The maximum atomic E-state index is 12.9. The normalized spacial score (nSPS) is 14.0. The Bertz CT molecular complexity index is 398. The van der Waals surface area contributed by atoms with Crippen molar-refractivity contribution in [2.75, 3.05) is 11.1 Å². The van der Waals surface area contributed by atoms with E-state index in [1.807, 2.05) is 6.92 Å². The van der Waals surface area contributed by atoms with Crippen molar-refractivity contribution in [1.29, 1.82) is 0 Å². The van der Waals surface area contributed by atoms with Crippen LogP contribution in [0.4, 0.5) is 10.1 Å². The quantitative estimate of drug-likeness (QED) is 0.836. The van der Waals surface area contributed by atoms with Crippen LogP contribution in [-0.2, 0) is 4.79 Å². The molecule has 2 atom stereocenters. The van der Waals surface area contributed by atoms with Crippen LogP contribution in [0.15, 0.2) is 24.3 Å². The van der Waals surface area contributed by atoms with Crippen LogP contribution in [-0.4, -0.2) is 28.1 Å². The molecule has 18 heavy (non-hydrogen) atoms. The average molecular weight is 271 g/mol. The van der Waals surface area contributed by atoms with Crippen molar-refractivity contribution in [2.24, 2.45) is 0 Å². The minimum atomic E-state index is -0.388. The van der Waals surface area contributed by atoms with Gasteiger partial charge >= 0.3 is 0 Å². The molecule has 0 radical (unpaired) electrons. The second kappa shape index (κ2) is 7.38. The van der Waals surface area contributed by atoms with Crippen molar-refractivity contribution in [3.63, 3.8) is 0 Å². The van der Waals surface area contributed by atoms with Crippen molar-refractivity contribution in [1.82, 2.24) is 0 Å². The maximum absolute atomic E-state index is 12.9. The first-order chi connectivity index (χ1) is 8.49. The third-order valence-electron chi connectivity index (χ3n) is 2.50. The van der Waals surface area contributed by atoms with Gasteiger partial charge in [-0.2, -0.15) is 11.8 Å². The lowest BCUT2D eigenvalue weighted by Crippen LogP contribution is -2.17. The molecule has 0 aliphatic carbocycles. The fourth-order valence-corrected chi connectivity index (χ4v) is 2.22. The van der Waals surface area contributed by atoms with E-state index in [1.165, 1.54) is 12.1 Å². The molecule has 0 fully saturated rings. The number of aliphatic hydroxyl groups is 1. The van der Waals surface area contributed by atoms with Gasteiger partial charge in [0.1, 0.15) is 5.82 Å². The molecule has 0 heterocycles. The topological polar surface area (TPSA) is 49.3 Å². The predicted octanol–water partition coefficient (Wildman–Crippen LogP) is 2.66. The summed E-state index contributed by atoms with van der Waals surface area (Å²) in [6.07, 6.45) is -0.0422. The minimum absolute atomic E-state index is 0.104. The fourth-order valence-electron chi connectivity index (χ4n) is 1.27. The molecule has 2 unspecified atom stereocenters. The van der Waals surface area contributed by atoms with E-state index in [4.69, 9.17) is 0 Å². The zero-order valence-corrected chi connectivity index (χ0v) is 11.3. The van der Waals surface area contributed by atoms with Gasteiger partial charge in [-0.25, -0.2) is 4.39 Å². The van der Waals surface area contributed by atoms with E-state index in [1.54, 1.807) is 30.8 Å². The summed E-state index contributed by atoms with van der Waals surface area (Å²) < 4.78 is 12.9. The molecule has 1 aromatic rings. The highest BCUT2D eigenvalue weighted by atomic mass is 32.2. The van der Waals surface area contributed by atoms with Crippen LogP contribution in [0.1, 0.15) is 20.3 Å². The van der Waals surface area contributed by atoms with Crippen molar-refractivity contribution < 1.29 is 14.3 Å². The summed E-state index contributed by atoms with van der Waals surface area (Å²) in [6.45, 7) is 3.64. The number of aliphatic hydroxyl groups excluding tert-OH is 1.